The number of ketones is 2. The van der Waals surface area contributed by atoms with Gasteiger partial charge in [-0.25, -0.2) is 0 Å². The van der Waals surface area contributed by atoms with E-state index in [-0.39, 0.29) is 40.9 Å². The van der Waals surface area contributed by atoms with Crippen LogP contribution in [0.2, 0.25) is 0 Å². The van der Waals surface area contributed by atoms with Crippen molar-refractivity contribution in [1.82, 2.24) is 10.1 Å². The quantitative estimate of drug-likeness (QED) is 0.494. The largest absolute Gasteiger partial charge is 0.507 e. The number of rotatable bonds is 3. The Bertz CT molecular complexity index is 1220. The highest BCUT2D eigenvalue weighted by Crippen LogP contribution is 2.58. The van der Waals surface area contributed by atoms with Gasteiger partial charge in [0.1, 0.15) is 17.1 Å². The van der Waals surface area contributed by atoms with Gasteiger partial charge in [0.2, 0.25) is 11.6 Å². The van der Waals surface area contributed by atoms with Crippen LogP contribution in [0.25, 0.3) is 5.76 Å². The smallest absolute Gasteiger partial charge is 0.267 e. The maximum Gasteiger partial charge on any atom is 0.267 e. The standard InChI is InChI=1S/C22H24N2O7P2/c1-8-9-5-4-6-12(30-32)13(9)17(25)14-10(8)7-11-16(24(2)3)18-15(21(31-33)23-29-18)20(27)22(11,28)19(14)26/h4-6,8,10-11,16,25,28H,7,32-33H2,1-3H3/t8-,10+,11-,16-,22-/m0/s1. The van der Waals surface area contributed by atoms with Gasteiger partial charge in [0.15, 0.2) is 11.4 Å². The summed E-state index contributed by atoms with van der Waals surface area (Å²) in [4.78, 5) is 29.3. The second-order valence-corrected chi connectivity index (χ2v) is 9.49. The zero-order valence-corrected chi connectivity index (χ0v) is 20.5. The molecule has 1 fully saturated rings. The van der Waals surface area contributed by atoms with Gasteiger partial charge in [-0.2, -0.15) is 0 Å². The third-order valence-corrected chi connectivity index (χ3v) is 7.83. The number of Topliss-reactive ketones (excluding diaryl/α,β-unsaturated/α-hetero) is 2. The first kappa shape index (κ1) is 22.5. The predicted molar refractivity (Wildman–Crippen MR) is 124 cm³/mol. The molecule has 2 aromatic rings. The van der Waals surface area contributed by atoms with Crippen LogP contribution in [0, 0.1) is 11.8 Å². The number of hydrogen-bond donors (Lipinski definition) is 2. The number of benzene rings is 1. The molecular weight excluding hydrogens is 466 g/mol. The van der Waals surface area contributed by atoms with E-state index < -0.39 is 35.0 Å². The lowest BCUT2D eigenvalue weighted by atomic mass is 9.55. The average Bonchev–Trinajstić information content (AvgIpc) is 3.22. The summed E-state index contributed by atoms with van der Waals surface area (Å²) >= 11 is 0. The van der Waals surface area contributed by atoms with E-state index in [1.54, 1.807) is 25.1 Å². The van der Waals surface area contributed by atoms with E-state index >= 15 is 0 Å². The molecule has 1 aromatic carbocycles. The van der Waals surface area contributed by atoms with E-state index in [2.05, 4.69) is 14.6 Å². The molecule has 0 aliphatic heterocycles. The van der Waals surface area contributed by atoms with Crippen molar-refractivity contribution in [1.29, 1.82) is 0 Å². The van der Waals surface area contributed by atoms with Crippen molar-refractivity contribution in [2.75, 3.05) is 14.1 Å². The van der Waals surface area contributed by atoms with Crippen molar-refractivity contribution in [3.8, 4) is 11.6 Å². The lowest BCUT2D eigenvalue weighted by Crippen LogP contribution is -2.63. The normalized spacial score (nSPS) is 30.5. The molecule has 3 aliphatic rings. The van der Waals surface area contributed by atoms with Crippen molar-refractivity contribution in [3.05, 3.63) is 46.2 Å². The monoisotopic (exact) mass is 490 g/mol. The summed E-state index contributed by atoms with van der Waals surface area (Å²) in [5, 5.41) is 26.9. The predicted octanol–water partition coefficient (Wildman–Crippen LogP) is 2.83. The minimum atomic E-state index is -2.40. The maximum atomic E-state index is 13.9. The lowest BCUT2D eigenvalue weighted by Gasteiger charge is -2.50. The minimum absolute atomic E-state index is 0.0438. The van der Waals surface area contributed by atoms with Crippen LogP contribution in [0.1, 0.15) is 52.5 Å². The van der Waals surface area contributed by atoms with Crippen molar-refractivity contribution >= 4 is 36.3 Å². The summed E-state index contributed by atoms with van der Waals surface area (Å²) in [6.07, 6.45) is 0.278. The van der Waals surface area contributed by atoms with E-state index in [1.165, 1.54) is 0 Å². The lowest BCUT2D eigenvalue weighted by molar-refractivity contribution is -0.143. The van der Waals surface area contributed by atoms with Gasteiger partial charge in [0.05, 0.1) is 30.5 Å². The van der Waals surface area contributed by atoms with Crippen LogP contribution in [0.4, 0.5) is 0 Å². The van der Waals surface area contributed by atoms with Crippen molar-refractivity contribution in [2.24, 2.45) is 11.8 Å². The zero-order valence-electron chi connectivity index (χ0n) is 18.2. The van der Waals surface area contributed by atoms with Gasteiger partial charge in [-0.1, -0.05) is 19.1 Å². The number of fused-ring (bicyclic) bond motifs is 4. The second kappa shape index (κ2) is 7.60. The van der Waals surface area contributed by atoms with E-state index in [0.29, 0.717) is 11.3 Å². The van der Waals surface area contributed by atoms with Crippen molar-refractivity contribution < 1.29 is 33.4 Å². The highest BCUT2D eigenvalue weighted by Gasteiger charge is 2.66. The molecule has 1 aromatic heterocycles. The number of aliphatic hydroxyl groups excluding tert-OH is 1. The molecular formula is C22H24N2O7P2. The number of aliphatic hydroxyl groups is 2. The maximum absolute atomic E-state index is 13.9. The highest BCUT2D eigenvalue weighted by atomic mass is 31.0. The first-order valence-electron chi connectivity index (χ1n) is 10.5. The fraction of sp³-hybridized carbons (Fsp3) is 0.409. The molecule has 0 radical (unpaired) electrons. The Morgan fingerprint density at radius 2 is 1.91 bits per heavy atom. The van der Waals surface area contributed by atoms with Crippen LogP contribution in [-0.2, 0) is 4.79 Å². The Balaban J connectivity index is 1.76. The van der Waals surface area contributed by atoms with E-state index in [0.717, 1.165) is 5.56 Å². The highest BCUT2D eigenvalue weighted by molar-refractivity contribution is 7.10. The molecule has 1 saturated carbocycles. The topological polar surface area (TPSA) is 122 Å². The van der Waals surface area contributed by atoms with E-state index in [4.69, 9.17) is 13.6 Å². The first-order chi connectivity index (χ1) is 15.7. The molecule has 7 atom stereocenters. The summed E-state index contributed by atoms with van der Waals surface area (Å²) in [6, 6.07) is 4.79. The van der Waals surface area contributed by atoms with Crippen molar-refractivity contribution in [2.45, 2.75) is 30.9 Å². The van der Waals surface area contributed by atoms with E-state index in [1.807, 2.05) is 28.5 Å². The number of hydrogen-bond acceptors (Lipinski definition) is 9. The molecule has 1 heterocycles. The Labute approximate surface area is 194 Å². The molecule has 0 amide bonds. The Kier molecular flexibility index (Phi) is 5.18. The average molecular weight is 490 g/mol. The van der Waals surface area contributed by atoms with Crippen LogP contribution in [0.3, 0.4) is 0 Å². The van der Waals surface area contributed by atoms with Crippen LogP contribution in [0.15, 0.2) is 28.3 Å². The van der Waals surface area contributed by atoms with Crippen molar-refractivity contribution in [3.63, 3.8) is 0 Å². The third-order valence-electron chi connectivity index (χ3n) is 7.36. The molecule has 0 saturated heterocycles. The summed E-state index contributed by atoms with van der Waals surface area (Å²) in [7, 11) is 7.69. The summed E-state index contributed by atoms with van der Waals surface area (Å²) in [5.74, 6) is -2.78. The fourth-order valence-electron chi connectivity index (χ4n) is 5.85. The van der Waals surface area contributed by atoms with Crippen LogP contribution < -0.4 is 9.05 Å². The second-order valence-electron chi connectivity index (χ2n) is 9.02. The summed E-state index contributed by atoms with van der Waals surface area (Å²) in [5.41, 5.74) is -1.19. The first-order valence-corrected chi connectivity index (χ1v) is 11.4. The Morgan fingerprint density at radius 1 is 1.18 bits per heavy atom. The van der Waals surface area contributed by atoms with Gasteiger partial charge in [-0.05, 0) is 49.1 Å². The molecule has 11 heteroatoms. The molecule has 174 valence electrons. The molecule has 2 unspecified atom stereocenters. The van der Waals surface area contributed by atoms with Gasteiger partial charge in [0.25, 0.3) is 5.88 Å². The van der Waals surface area contributed by atoms with Crippen LogP contribution in [0.5, 0.6) is 11.6 Å². The molecule has 33 heavy (non-hydrogen) atoms. The summed E-state index contributed by atoms with van der Waals surface area (Å²) < 4.78 is 15.9. The molecule has 9 nitrogen and oxygen atoms in total. The third kappa shape index (κ3) is 2.77. The van der Waals surface area contributed by atoms with Gasteiger partial charge >= 0.3 is 0 Å². The summed E-state index contributed by atoms with van der Waals surface area (Å²) in [6.45, 7) is 1.97. The minimum Gasteiger partial charge on any atom is -0.507 e. The van der Waals surface area contributed by atoms with Gasteiger partial charge < -0.3 is 23.8 Å². The Hall–Kier alpha value is -2.31. The molecule has 3 aliphatic carbocycles. The molecule has 0 bridgehead atoms. The zero-order chi connectivity index (χ0) is 23.8. The fourth-order valence-corrected chi connectivity index (χ4v) is 6.20. The SMILES string of the molecule is C[C@H]1c2cccc(OP)c2C(O)=C2C(=O)[C@]3(O)C(=O)c4c(OP)noc4[C@@H](N(C)C)[C@@H]3C[C@@H]21. The van der Waals surface area contributed by atoms with Gasteiger partial charge in [-0.3, -0.25) is 14.5 Å². The number of carbonyl (C=O) groups excluding carboxylic acids is 2. The number of nitrogens with zero attached hydrogens (tertiary/aromatic N) is 2. The van der Waals surface area contributed by atoms with E-state index in [9.17, 15) is 19.8 Å². The Morgan fingerprint density at radius 3 is 2.55 bits per heavy atom. The number of carbonyl (C=O) groups is 2. The van der Waals surface area contributed by atoms with Crippen LogP contribution >= 0.6 is 18.9 Å². The van der Waals surface area contributed by atoms with Gasteiger partial charge in [0, 0.05) is 11.5 Å². The van der Waals surface area contributed by atoms with Gasteiger partial charge in [-0.15, -0.1) is 0 Å². The van der Waals surface area contributed by atoms with Crippen LogP contribution in [-0.4, -0.2) is 51.5 Å². The molecule has 0 spiro atoms. The molecule has 2 N–H and O–H groups in total. The molecule has 5 rings (SSSR count). The number of aromatic nitrogens is 1.